The maximum Gasteiger partial charge on any atom is 0.366 e. The molecule has 242 valence electrons. The summed E-state index contributed by atoms with van der Waals surface area (Å²) in [5.74, 6) is -1.90. The zero-order valence-electron chi connectivity index (χ0n) is 26.9. The van der Waals surface area contributed by atoms with Crippen molar-refractivity contribution in [3.05, 3.63) is 119 Å². The summed E-state index contributed by atoms with van der Waals surface area (Å²) in [5, 5.41) is 3.27. The smallest absolute Gasteiger partial charge is 0.366 e. The van der Waals surface area contributed by atoms with Crippen LogP contribution >= 0.6 is 0 Å². The Hall–Kier alpha value is -5.61. The number of esters is 2. The van der Waals surface area contributed by atoms with Crippen LogP contribution in [0, 0.1) is 0 Å². The second-order valence-electron chi connectivity index (χ2n) is 13.2. The van der Waals surface area contributed by atoms with Crippen molar-refractivity contribution in [2.24, 2.45) is 4.99 Å². The van der Waals surface area contributed by atoms with Crippen LogP contribution in [-0.2, 0) is 41.7 Å². The van der Waals surface area contributed by atoms with Crippen molar-refractivity contribution in [3.63, 3.8) is 0 Å². The van der Waals surface area contributed by atoms with Gasteiger partial charge < -0.3 is 14.5 Å². The van der Waals surface area contributed by atoms with Crippen molar-refractivity contribution < 1.29 is 28.7 Å². The van der Waals surface area contributed by atoms with Gasteiger partial charge in [-0.2, -0.15) is 0 Å². The fourth-order valence-electron chi connectivity index (χ4n) is 6.96. The summed E-state index contributed by atoms with van der Waals surface area (Å²) in [6.45, 7) is 5.71. The van der Waals surface area contributed by atoms with Gasteiger partial charge in [0.05, 0.1) is 41.6 Å². The molecule has 4 aromatic rings. The van der Waals surface area contributed by atoms with Gasteiger partial charge in [0.2, 0.25) is 6.04 Å². The first kappa shape index (κ1) is 31.0. The zero-order valence-corrected chi connectivity index (χ0v) is 26.9. The number of amides is 2. The van der Waals surface area contributed by atoms with E-state index < -0.39 is 35.4 Å². The third-order valence-corrected chi connectivity index (χ3v) is 8.93. The SMILES string of the molecule is CC(C)(C)OC(=O)CC[N+]12C=CN=C(C3=C(c4c[nH]c5ccccc45)C(=O)NC3=O)c3cccc(c31)CC2C(=O)OCc1ccccc1. The monoisotopic (exact) mass is 643 g/mol. The number of carbonyl (C=O) groups excluding carboxylic acids is 4. The number of aliphatic imine (C=N–C) groups is 1. The molecule has 0 spiro atoms. The highest BCUT2D eigenvalue weighted by molar-refractivity contribution is 6.48. The average molecular weight is 644 g/mol. The summed E-state index contributed by atoms with van der Waals surface area (Å²) in [5.41, 5.74) is 4.43. The normalized spacial score (nSPS) is 20.0. The van der Waals surface area contributed by atoms with Gasteiger partial charge in [-0.15, -0.1) is 0 Å². The van der Waals surface area contributed by atoms with E-state index in [1.165, 1.54) is 0 Å². The van der Waals surface area contributed by atoms with E-state index >= 15 is 0 Å². The summed E-state index contributed by atoms with van der Waals surface area (Å²) in [4.78, 5) is 62.1. The molecule has 2 unspecified atom stereocenters. The molecule has 48 heavy (non-hydrogen) atoms. The quantitative estimate of drug-likeness (QED) is 0.153. The lowest BCUT2D eigenvalue weighted by Crippen LogP contribution is -2.55. The number of hydrogen-bond acceptors (Lipinski definition) is 7. The van der Waals surface area contributed by atoms with Gasteiger partial charge in [-0.1, -0.05) is 60.7 Å². The highest BCUT2D eigenvalue weighted by Gasteiger charge is 2.54. The number of imide groups is 1. The molecule has 4 heterocycles. The van der Waals surface area contributed by atoms with Crippen molar-refractivity contribution in [2.75, 3.05) is 6.54 Å². The Bertz CT molecular complexity index is 2080. The fraction of sp³-hybridized carbons (Fsp3) is 0.237. The third kappa shape index (κ3) is 5.43. The molecule has 1 aromatic heterocycles. The van der Waals surface area contributed by atoms with Gasteiger partial charge in [0.25, 0.3) is 11.8 Å². The highest BCUT2D eigenvalue weighted by Crippen LogP contribution is 2.46. The van der Waals surface area contributed by atoms with Crippen LogP contribution in [0.2, 0.25) is 0 Å². The number of aromatic amines is 1. The van der Waals surface area contributed by atoms with E-state index in [1.54, 1.807) is 18.6 Å². The van der Waals surface area contributed by atoms with Crippen LogP contribution in [-0.4, -0.2) is 52.6 Å². The van der Waals surface area contributed by atoms with E-state index in [-0.39, 0.29) is 35.2 Å². The highest BCUT2D eigenvalue weighted by atomic mass is 16.6. The van der Waals surface area contributed by atoms with Crippen LogP contribution in [0.1, 0.15) is 49.4 Å². The molecule has 10 nitrogen and oxygen atoms in total. The molecule has 0 bridgehead atoms. The minimum Gasteiger partial charge on any atom is -0.460 e. The van der Waals surface area contributed by atoms with Gasteiger partial charge in [-0.25, -0.2) is 9.79 Å². The van der Waals surface area contributed by atoms with E-state index in [1.807, 2.05) is 93.6 Å². The number of para-hydroxylation sites is 2. The molecular weight excluding hydrogens is 608 g/mol. The summed E-state index contributed by atoms with van der Waals surface area (Å²) in [6.07, 6.45) is 5.42. The average Bonchev–Trinajstić information content (AvgIpc) is 3.68. The number of aromatic nitrogens is 1. The van der Waals surface area contributed by atoms with Gasteiger partial charge in [0, 0.05) is 34.6 Å². The minimum atomic E-state index is -0.737. The molecule has 7 rings (SSSR count). The number of hydrogen-bond donors (Lipinski definition) is 2. The first-order chi connectivity index (χ1) is 23.1. The van der Waals surface area contributed by atoms with Crippen LogP contribution in [0.3, 0.4) is 0 Å². The number of fused-ring (bicyclic) bond motifs is 1. The van der Waals surface area contributed by atoms with Crippen LogP contribution in [0.15, 0.2) is 102 Å². The second kappa shape index (κ2) is 11.9. The molecule has 0 saturated carbocycles. The van der Waals surface area contributed by atoms with E-state index in [0.717, 1.165) is 27.7 Å². The number of rotatable bonds is 8. The maximum absolute atomic E-state index is 14.0. The van der Waals surface area contributed by atoms with Crippen molar-refractivity contribution >= 4 is 51.6 Å². The van der Waals surface area contributed by atoms with E-state index in [9.17, 15) is 19.2 Å². The molecule has 3 aromatic carbocycles. The number of benzene rings is 3. The molecular formula is C38H35N4O6+. The van der Waals surface area contributed by atoms with Gasteiger partial charge in [-0.3, -0.25) is 24.2 Å². The zero-order chi connectivity index (χ0) is 33.6. The van der Waals surface area contributed by atoms with Crippen LogP contribution in [0.4, 0.5) is 5.69 Å². The first-order valence-electron chi connectivity index (χ1n) is 15.9. The van der Waals surface area contributed by atoms with Crippen LogP contribution < -0.4 is 9.80 Å². The summed E-state index contributed by atoms with van der Waals surface area (Å²) >= 11 is 0. The predicted octanol–water partition coefficient (Wildman–Crippen LogP) is 5.26. The van der Waals surface area contributed by atoms with Crippen molar-refractivity contribution in [1.82, 2.24) is 14.8 Å². The number of quaternary nitrogens is 1. The molecule has 0 fully saturated rings. The lowest BCUT2D eigenvalue weighted by atomic mass is 9.92. The van der Waals surface area contributed by atoms with Crippen LogP contribution in [0.25, 0.3) is 16.5 Å². The Morgan fingerprint density at radius 1 is 0.917 bits per heavy atom. The maximum atomic E-state index is 14.0. The summed E-state index contributed by atoms with van der Waals surface area (Å²) in [7, 11) is 0. The lowest BCUT2D eigenvalue weighted by molar-refractivity contribution is -0.156. The molecule has 3 aliphatic rings. The van der Waals surface area contributed by atoms with Gasteiger partial charge >= 0.3 is 11.9 Å². The summed E-state index contributed by atoms with van der Waals surface area (Å²) < 4.78 is 11.5. The molecule has 2 atom stereocenters. The topological polar surface area (TPSA) is 127 Å². The van der Waals surface area contributed by atoms with Gasteiger partial charge in [0.15, 0.2) is 5.69 Å². The van der Waals surface area contributed by atoms with Crippen molar-refractivity contribution in [3.8, 4) is 0 Å². The Labute approximate surface area is 277 Å². The minimum absolute atomic E-state index is 0.00937. The van der Waals surface area contributed by atoms with Gasteiger partial charge in [0.1, 0.15) is 18.4 Å². The van der Waals surface area contributed by atoms with Crippen molar-refractivity contribution in [1.29, 1.82) is 0 Å². The predicted molar refractivity (Wildman–Crippen MR) is 181 cm³/mol. The van der Waals surface area contributed by atoms with E-state index in [4.69, 9.17) is 14.5 Å². The Morgan fingerprint density at radius 3 is 2.46 bits per heavy atom. The molecule has 2 amide bonds. The molecule has 0 aliphatic carbocycles. The molecule has 2 N–H and O–H groups in total. The fourth-order valence-corrected chi connectivity index (χ4v) is 6.96. The second-order valence-corrected chi connectivity index (χ2v) is 13.2. The van der Waals surface area contributed by atoms with Gasteiger partial charge in [-0.05, 0) is 38.5 Å². The Balaban J connectivity index is 1.34. The van der Waals surface area contributed by atoms with Crippen LogP contribution in [0.5, 0.6) is 0 Å². The molecule has 10 heteroatoms. The van der Waals surface area contributed by atoms with E-state index in [2.05, 4.69) is 10.3 Å². The molecule has 3 aliphatic heterocycles. The standard InChI is InChI=1S/C38H34N4O6/c1-38(2,3)48-30(43)16-18-42-19-17-39-33(32-31(35(44)41-36(32)45)27-21-40-28-15-8-7-13-25(27)28)26-14-9-12-24(34(26)42)20-29(42)37(46)47-22-23-10-5-4-6-11-23/h4-15,17,19,21,29H,16,18,20,22H2,1-3H3,(H-,39,40,41,44,45)/p+1. The largest absolute Gasteiger partial charge is 0.460 e. The Morgan fingerprint density at radius 2 is 1.67 bits per heavy atom. The number of ether oxygens (including phenoxy) is 2. The first-order valence-corrected chi connectivity index (χ1v) is 15.9. The number of H-pyrrole nitrogens is 1. The number of nitrogens with zero attached hydrogens (tertiary/aromatic N) is 2. The Kier molecular flexibility index (Phi) is 7.68. The number of nitrogens with one attached hydrogen (secondary N) is 2. The lowest BCUT2D eigenvalue weighted by Gasteiger charge is -2.35. The molecule has 0 radical (unpaired) electrons. The third-order valence-electron chi connectivity index (χ3n) is 8.93. The summed E-state index contributed by atoms with van der Waals surface area (Å²) in [6, 6.07) is 21.9. The van der Waals surface area contributed by atoms with E-state index in [0.29, 0.717) is 23.3 Å². The van der Waals surface area contributed by atoms with Crippen molar-refractivity contribution in [2.45, 2.75) is 51.9 Å². The number of carbonyl (C=O) groups is 4. The molecule has 0 saturated heterocycles.